The van der Waals surface area contributed by atoms with Gasteiger partial charge in [0.25, 0.3) is 0 Å². The molecule has 0 amide bonds. The first-order chi connectivity index (χ1) is 22.1. The van der Waals surface area contributed by atoms with Crippen LogP contribution in [0.3, 0.4) is 0 Å². The summed E-state index contributed by atoms with van der Waals surface area (Å²) in [5.74, 6) is -3.90. The third kappa shape index (κ3) is 7.81. The second-order valence-electron chi connectivity index (χ2n) is 12.3. The van der Waals surface area contributed by atoms with Crippen LogP contribution in [0.4, 0.5) is 8.78 Å². The van der Waals surface area contributed by atoms with E-state index in [9.17, 15) is 19.6 Å². The Hall–Kier alpha value is -3.48. The zero-order chi connectivity index (χ0) is 34.7. The molecule has 4 rings (SSSR count). The zero-order valence-electron chi connectivity index (χ0n) is 26.3. The molecule has 5 atom stereocenters. The summed E-state index contributed by atoms with van der Waals surface area (Å²) in [6, 6.07) is 13.2. The van der Waals surface area contributed by atoms with Gasteiger partial charge < -0.3 is 0 Å². The van der Waals surface area contributed by atoms with Crippen molar-refractivity contribution in [2.75, 3.05) is 13.9 Å². The van der Waals surface area contributed by atoms with Crippen molar-refractivity contribution in [3.05, 3.63) is 93.0 Å². The molecule has 0 aromatic heterocycles. The fourth-order valence-corrected chi connectivity index (χ4v) is 8.66. The number of nitrogens with zero attached hydrogens (tertiary/aromatic N) is 1. The van der Waals surface area contributed by atoms with E-state index in [4.69, 9.17) is 32.7 Å². The number of esters is 2. The van der Waals surface area contributed by atoms with Crippen molar-refractivity contribution in [3.8, 4) is 11.8 Å². The van der Waals surface area contributed by atoms with Crippen molar-refractivity contribution >= 4 is 59.8 Å². The van der Waals surface area contributed by atoms with Gasteiger partial charge in [-0.3, -0.25) is 0 Å². The van der Waals surface area contributed by atoms with Gasteiger partial charge in [-0.25, -0.2) is 0 Å². The molecule has 248 valence electrons. The Kier molecular flexibility index (Phi) is 11.4. The van der Waals surface area contributed by atoms with Gasteiger partial charge in [0.1, 0.15) is 0 Å². The van der Waals surface area contributed by atoms with Gasteiger partial charge in [-0.15, -0.1) is 0 Å². The van der Waals surface area contributed by atoms with E-state index in [1.807, 2.05) is 20.8 Å². The number of nitrogens with one attached hydrogen (secondary N) is 1. The fourth-order valence-electron chi connectivity index (χ4n) is 5.94. The summed E-state index contributed by atoms with van der Waals surface area (Å²) < 4.78 is 47.1. The van der Waals surface area contributed by atoms with E-state index in [2.05, 4.69) is 16.1 Å². The van der Waals surface area contributed by atoms with Gasteiger partial charge in [0, 0.05) is 0 Å². The van der Waals surface area contributed by atoms with Crippen molar-refractivity contribution in [1.29, 1.82) is 5.26 Å². The molecule has 0 saturated carbocycles. The summed E-state index contributed by atoms with van der Waals surface area (Å²) in [5.41, 5.74) is -2.06. The summed E-state index contributed by atoms with van der Waals surface area (Å²) in [6.07, 6.45) is 0.332. The molecule has 0 aliphatic carbocycles. The number of carbonyl (C=O) groups is 3. The Morgan fingerprint density at radius 1 is 1.06 bits per heavy atom. The molecule has 47 heavy (non-hydrogen) atoms. The van der Waals surface area contributed by atoms with E-state index < -0.39 is 74.9 Å². The van der Waals surface area contributed by atoms with E-state index in [1.54, 1.807) is 6.07 Å². The number of hydrogen-bond acceptors (Lipinski definition) is 8. The number of ether oxygens (including phenoxy) is 3. The quantitative estimate of drug-likeness (QED) is 0.163. The molecule has 3 aromatic carbocycles. The molecule has 5 unspecified atom stereocenters. The van der Waals surface area contributed by atoms with Crippen LogP contribution in [0.15, 0.2) is 54.6 Å². The molecule has 0 bridgehead atoms. The van der Waals surface area contributed by atoms with Crippen molar-refractivity contribution in [2.45, 2.75) is 57.5 Å². The van der Waals surface area contributed by atoms with Crippen molar-refractivity contribution in [2.24, 2.45) is 5.41 Å². The number of benzene rings is 3. The molecule has 0 spiro atoms. The third-order valence-electron chi connectivity index (χ3n) is 7.88. The Labute approximate surface area is 288 Å². The normalized spacial score (nSPS) is 21.0. The van der Waals surface area contributed by atoms with Crippen LogP contribution in [-0.4, -0.2) is 58.2 Å². The van der Waals surface area contributed by atoms with Crippen LogP contribution in [0.2, 0.25) is 10.0 Å². The second kappa shape index (κ2) is 14.7. The number of methoxy groups -OCH3 is 1. The van der Waals surface area contributed by atoms with E-state index in [-0.39, 0.29) is 37.1 Å². The number of nitriles is 1. The molecule has 3 aromatic rings. The summed E-state index contributed by atoms with van der Waals surface area (Å²) in [7, 11) is 1.38. The predicted octanol–water partition coefficient (Wildman–Crippen LogP) is 5.57. The molecular formula is C34H33AsCl2F2N2O6. The van der Waals surface area contributed by atoms with E-state index in [0.29, 0.717) is 10.8 Å². The maximum atomic E-state index is 15.9. The third-order valence-corrected chi connectivity index (χ3v) is 11.0. The number of hydrogen-bond donors (Lipinski definition) is 1. The summed E-state index contributed by atoms with van der Waals surface area (Å²) in [5, 5.41) is 14.3. The van der Waals surface area contributed by atoms with Gasteiger partial charge in [-0.1, -0.05) is 0 Å². The molecule has 1 N–H and O–H groups in total. The van der Waals surface area contributed by atoms with Crippen molar-refractivity contribution < 1.29 is 37.4 Å². The number of halogens is 4. The van der Waals surface area contributed by atoms with Crippen LogP contribution in [0.1, 0.15) is 61.5 Å². The SMILES string of the molecule is COc1cc(C(=O)OCOC(C)=O)ccc1[AsH]C(=O)C1NC(CC(C)(C)C)C(C#N)(c2ccc(Cl)cc2F)C1c1cccc(Cl)c1F. The molecule has 1 aliphatic heterocycles. The first-order valence-corrected chi connectivity index (χ1v) is 17.3. The van der Waals surface area contributed by atoms with Crippen LogP contribution < -0.4 is 14.4 Å². The summed E-state index contributed by atoms with van der Waals surface area (Å²) in [4.78, 5) is 37.9. The average molecular weight is 749 g/mol. The van der Waals surface area contributed by atoms with Gasteiger partial charge in [0.2, 0.25) is 0 Å². The summed E-state index contributed by atoms with van der Waals surface area (Å²) >= 11 is 10.6. The van der Waals surface area contributed by atoms with Crippen LogP contribution in [0.5, 0.6) is 5.75 Å². The van der Waals surface area contributed by atoms with Gasteiger partial charge >= 0.3 is 289 Å². The molecule has 1 heterocycles. The van der Waals surface area contributed by atoms with E-state index >= 15 is 8.78 Å². The molecule has 8 nitrogen and oxygen atoms in total. The topological polar surface area (TPSA) is 115 Å². The first kappa shape index (κ1) is 36.4. The monoisotopic (exact) mass is 748 g/mol. The average Bonchev–Trinajstić information content (AvgIpc) is 3.31. The van der Waals surface area contributed by atoms with Crippen LogP contribution >= 0.6 is 23.2 Å². The molecule has 13 heteroatoms. The van der Waals surface area contributed by atoms with Crippen molar-refractivity contribution in [3.63, 3.8) is 0 Å². The van der Waals surface area contributed by atoms with Crippen LogP contribution in [-0.2, 0) is 24.5 Å². The van der Waals surface area contributed by atoms with E-state index in [0.717, 1.165) is 6.07 Å². The Balaban J connectivity index is 1.83. The minimum absolute atomic E-state index is 0.0000902. The second-order valence-corrected chi connectivity index (χ2v) is 15.8. The zero-order valence-corrected chi connectivity index (χ0v) is 29.9. The Morgan fingerprint density at radius 2 is 1.79 bits per heavy atom. The van der Waals surface area contributed by atoms with Gasteiger partial charge in [-0.2, -0.15) is 0 Å². The Morgan fingerprint density at radius 3 is 2.40 bits per heavy atom. The maximum absolute atomic E-state index is 15.9. The van der Waals surface area contributed by atoms with Crippen LogP contribution in [0, 0.1) is 28.4 Å². The molecule has 1 aliphatic rings. The minimum atomic E-state index is -1.76. The molecule has 1 saturated heterocycles. The summed E-state index contributed by atoms with van der Waals surface area (Å²) in [6.45, 7) is 6.48. The first-order valence-electron chi connectivity index (χ1n) is 14.5. The standard InChI is InChI=1S/C34H33AsCl2F2N2O6/c1-18(42)46-17-47-32(44)19-9-12-23(26(13-19)45-5)35-31(43)30-28(21-7-6-8-24(37)29(21)39)34(16-40,27(41-30)15-33(2,3)4)22-11-10-20(36)14-25(22)38/h6-14,27-28,30,35,41H,15,17H2,1-5H3. The molecular weight excluding hydrogens is 716 g/mol. The number of carbonyl (C=O) groups excluding carboxylic acids is 3. The van der Waals surface area contributed by atoms with Gasteiger partial charge in [0.15, 0.2) is 0 Å². The van der Waals surface area contributed by atoms with Gasteiger partial charge in [-0.05, 0) is 0 Å². The van der Waals surface area contributed by atoms with Gasteiger partial charge in [0.05, 0.1) is 0 Å². The fraction of sp³-hybridized carbons (Fsp3) is 0.353. The Bertz CT molecular complexity index is 1740. The number of rotatable bonds is 10. The molecule has 0 radical (unpaired) electrons. The van der Waals surface area contributed by atoms with E-state index in [1.165, 1.54) is 56.5 Å². The predicted molar refractivity (Wildman–Crippen MR) is 174 cm³/mol. The molecule has 1 fully saturated rings. The van der Waals surface area contributed by atoms with Crippen molar-refractivity contribution in [1.82, 2.24) is 5.32 Å². The van der Waals surface area contributed by atoms with Crippen LogP contribution in [0.25, 0.3) is 0 Å².